The van der Waals surface area contributed by atoms with Crippen molar-refractivity contribution in [2.45, 2.75) is 102 Å². The lowest BCUT2D eigenvalue weighted by atomic mass is 9.45. The van der Waals surface area contributed by atoms with Gasteiger partial charge in [0.15, 0.2) is 0 Å². The Morgan fingerprint density at radius 3 is 2.42 bits per heavy atom. The van der Waals surface area contributed by atoms with Crippen molar-refractivity contribution in [3.63, 3.8) is 0 Å². The van der Waals surface area contributed by atoms with Crippen LogP contribution in [0.25, 0.3) is 0 Å². The number of methoxy groups -OCH3 is 2. The van der Waals surface area contributed by atoms with Gasteiger partial charge in [-0.15, -0.1) is 0 Å². The molecule has 3 fully saturated rings. The van der Waals surface area contributed by atoms with Crippen molar-refractivity contribution in [3.05, 3.63) is 22.3 Å². The first-order chi connectivity index (χ1) is 17.7. The summed E-state index contributed by atoms with van der Waals surface area (Å²) in [5.74, 6) is -1.63. The fourth-order valence-corrected chi connectivity index (χ4v) is 8.60. The van der Waals surface area contributed by atoms with Gasteiger partial charge in [0.05, 0.1) is 19.6 Å². The molecule has 38 heavy (non-hydrogen) atoms. The van der Waals surface area contributed by atoms with E-state index in [0.29, 0.717) is 23.5 Å². The monoisotopic (exact) mass is 532 g/mol. The van der Waals surface area contributed by atoms with E-state index in [4.69, 9.17) is 33.2 Å². The van der Waals surface area contributed by atoms with Gasteiger partial charge < -0.3 is 38.3 Å². The zero-order valence-corrected chi connectivity index (χ0v) is 23.2. The van der Waals surface area contributed by atoms with Crippen molar-refractivity contribution in [1.82, 2.24) is 0 Å². The van der Waals surface area contributed by atoms with E-state index >= 15 is 0 Å². The Balaban J connectivity index is 1.60. The highest BCUT2D eigenvalue weighted by Crippen LogP contribution is 2.71. The second kappa shape index (κ2) is 7.62. The molecule has 7 unspecified atom stereocenters. The molecule has 0 radical (unpaired) electrons. The highest BCUT2D eigenvalue weighted by atomic mass is 16.9. The number of aliphatic hydroxyl groups is 1. The van der Waals surface area contributed by atoms with Crippen LogP contribution >= 0.6 is 0 Å². The fraction of sp³-hybridized carbons (Fsp3) is 0.714. The Kier molecular flexibility index (Phi) is 5.18. The minimum atomic E-state index is -1.48. The largest absolute Gasteiger partial charge is 0.495 e. The summed E-state index contributed by atoms with van der Waals surface area (Å²) < 4.78 is 42.9. The molecule has 2 bridgehead atoms. The zero-order valence-electron chi connectivity index (χ0n) is 23.2. The second-order valence-electron chi connectivity index (χ2n) is 12.2. The van der Waals surface area contributed by atoms with E-state index < -0.39 is 52.3 Å². The number of hydrogen-bond donors (Lipinski definition) is 1. The molecule has 1 spiro atoms. The van der Waals surface area contributed by atoms with Gasteiger partial charge in [-0.2, -0.15) is 0 Å². The number of benzene rings is 1. The van der Waals surface area contributed by atoms with Crippen LogP contribution in [0.5, 0.6) is 11.5 Å². The van der Waals surface area contributed by atoms with Crippen LogP contribution in [0.15, 0.2) is 0 Å². The summed E-state index contributed by atoms with van der Waals surface area (Å²) in [7, 11) is 3.01. The number of rotatable bonds is 3. The second-order valence-corrected chi connectivity index (χ2v) is 12.2. The van der Waals surface area contributed by atoms with E-state index in [1.54, 1.807) is 0 Å². The number of fused-ring (bicyclic) bond motifs is 5. The van der Waals surface area contributed by atoms with Crippen LogP contribution in [0.3, 0.4) is 0 Å². The minimum Gasteiger partial charge on any atom is -0.495 e. The van der Waals surface area contributed by atoms with E-state index in [1.807, 2.05) is 34.6 Å². The van der Waals surface area contributed by atoms with Crippen LogP contribution in [0, 0.1) is 18.3 Å². The van der Waals surface area contributed by atoms with Crippen LogP contribution in [0.1, 0.15) is 74.5 Å². The average Bonchev–Trinajstić information content (AvgIpc) is 3.31. The first-order valence-electron chi connectivity index (χ1n) is 13.1. The number of cyclic esters (lactones) is 1. The molecule has 1 aromatic carbocycles. The Hall–Kier alpha value is -2.40. The fourth-order valence-electron chi connectivity index (χ4n) is 8.60. The van der Waals surface area contributed by atoms with Crippen molar-refractivity contribution >= 4 is 11.9 Å². The van der Waals surface area contributed by atoms with Crippen LogP contribution in [-0.2, 0) is 41.5 Å². The maximum atomic E-state index is 12.7. The topological polar surface area (TPSA) is 119 Å². The number of ether oxygens (including phenoxy) is 7. The molecule has 7 atom stereocenters. The van der Waals surface area contributed by atoms with Crippen LogP contribution in [0.2, 0.25) is 0 Å². The third kappa shape index (κ3) is 2.82. The van der Waals surface area contributed by atoms with Gasteiger partial charge in [0.25, 0.3) is 5.97 Å². The van der Waals surface area contributed by atoms with Gasteiger partial charge in [0, 0.05) is 42.9 Å². The van der Waals surface area contributed by atoms with E-state index in [0.717, 1.165) is 16.7 Å². The Bertz CT molecular complexity index is 1260. The molecule has 10 heteroatoms. The minimum absolute atomic E-state index is 0.115. The number of esters is 2. The molecule has 10 nitrogen and oxygen atoms in total. The summed E-state index contributed by atoms with van der Waals surface area (Å²) in [4.78, 5) is 25.1. The molecule has 2 saturated heterocycles. The lowest BCUT2D eigenvalue weighted by Gasteiger charge is -2.67. The Morgan fingerprint density at radius 2 is 1.79 bits per heavy atom. The highest BCUT2D eigenvalue weighted by molar-refractivity contribution is 5.98. The van der Waals surface area contributed by atoms with Gasteiger partial charge in [0.2, 0.25) is 0 Å². The highest BCUT2D eigenvalue weighted by Gasteiger charge is 2.84. The first-order valence-corrected chi connectivity index (χ1v) is 13.1. The van der Waals surface area contributed by atoms with E-state index in [-0.39, 0.29) is 25.4 Å². The van der Waals surface area contributed by atoms with Crippen molar-refractivity contribution < 1.29 is 47.9 Å². The predicted octanol–water partition coefficient (Wildman–Crippen LogP) is 2.95. The van der Waals surface area contributed by atoms with Crippen molar-refractivity contribution in [2.75, 3.05) is 14.2 Å². The van der Waals surface area contributed by atoms with E-state index in [9.17, 15) is 14.7 Å². The molecular weight excluding hydrogens is 496 g/mol. The SMILES string of the molecule is COc1c2c(c(C)c3c1C(=O)OC3)OC1(C)CC(O)C34OC(OC)(CC(OC(C)=O)C3(C)C1C2)OC4(C)C. The van der Waals surface area contributed by atoms with Crippen molar-refractivity contribution in [3.8, 4) is 11.5 Å². The molecule has 1 aromatic rings. The summed E-state index contributed by atoms with van der Waals surface area (Å²) in [6, 6.07) is 0. The lowest BCUT2D eigenvalue weighted by Crippen LogP contribution is -2.80. The Labute approximate surface area is 221 Å². The quantitative estimate of drug-likeness (QED) is 0.582. The number of hydrogen-bond acceptors (Lipinski definition) is 10. The van der Waals surface area contributed by atoms with Gasteiger partial charge in [-0.3, -0.25) is 4.79 Å². The number of aliphatic hydroxyl groups excluding tert-OH is 1. The molecule has 4 aliphatic heterocycles. The van der Waals surface area contributed by atoms with Crippen molar-refractivity contribution in [2.24, 2.45) is 11.3 Å². The summed E-state index contributed by atoms with van der Waals surface area (Å²) in [6.07, 6.45) is -0.990. The predicted molar refractivity (Wildman–Crippen MR) is 131 cm³/mol. The summed E-state index contributed by atoms with van der Waals surface area (Å²) >= 11 is 0. The molecule has 6 rings (SSSR count). The van der Waals surface area contributed by atoms with Gasteiger partial charge in [-0.1, -0.05) is 6.92 Å². The molecule has 0 aromatic heterocycles. The molecule has 4 heterocycles. The van der Waals surface area contributed by atoms with Crippen molar-refractivity contribution in [1.29, 1.82) is 0 Å². The number of carbonyl (C=O) groups is 2. The van der Waals surface area contributed by atoms with Gasteiger partial charge in [0.1, 0.15) is 46.6 Å². The van der Waals surface area contributed by atoms with Gasteiger partial charge in [-0.25, -0.2) is 4.79 Å². The van der Waals surface area contributed by atoms with E-state index in [1.165, 1.54) is 21.1 Å². The third-order valence-electron chi connectivity index (χ3n) is 10.0. The van der Waals surface area contributed by atoms with Crippen LogP contribution in [0.4, 0.5) is 0 Å². The molecule has 5 aliphatic rings. The smallest absolute Gasteiger partial charge is 0.342 e. The van der Waals surface area contributed by atoms with Crippen LogP contribution < -0.4 is 9.47 Å². The Morgan fingerprint density at radius 1 is 1.08 bits per heavy atom. The molecular formula is C28H36O10. The first kappa shape index (κ1) is 25.9. The van der Waals surface area contributed by atoms with Crippen LogP contribution in [-0.4, -0.2) is 66.2 Å². The van der Waals surface area contributed by atoms with E-state index in [2.05, 4.69) is 0 Å². The summed E-state index contributed by atoms with van der Waals surface area (Å²) in [6.45, 7) is 11.1. The summed E-state index contributed by atoms with van der Waals surface area (Å²) in [5, 5.41) is 12.0. The normalized spacial score (nSPS) is 41.7. The zero-order chi connectivity index (χ0) is 27.6. The molecule has 1 N–H and O–H groups in total. The molecule has 0 amide bonds. The molecule has 208 valence electrons. The third-order valence-corrected chi connectivity index (χ3v) is 10.0. The maximum Gasteiger partial charge on any atom is 0.342 e. The van der Waals surface area contributed by atoms with Gasteiger partial charge >= 0.3 is 11.9 Å². The standard InChI is InChI=1S/C28H36O10/c1-13-16-12-34-23(31)20(16)22(32-7)15-9-17-25(5,36-21(13)15)10-18(30)28-24(3,4)37-27(33-8,38-28)11-19(26(17,28)6)35-14(2)29/h17-19,30H,9-12H2,1-8H3. The average molecular weight is 533 g/mol. The summed E-state index contributed by atoms with van der Waals surface area (Å²) in [5.41, 5.74) is -1.45. The maximum absolute atomic E-state index is 12.7. The molecule has 1 aliphatic carbocycles. The van der Waals surface area contributed by atoms with Gasteiger partial charge in [-0.05, 0) is 39.7 Å². The number of carbonyl (C=O) groups excluding carboxylic acids is 2. The lowest BCUT2D eigenvalue weighted by molar-refractivity contribution is -0.410. The molecule has 1 saturated carbocycles.